The Morgan fingerprint density at radius 3 is 2.41 bits per heavy atom. The molecule has 1 unspecified atom stereocenters. The molecule has 1 heterocycles. The van der Waals surface area contributed by atoms with E-state index in [2.05, 4.69) is 72.9 Å². The van der Waals surface area contributed by atoms with E-state index in [-0.39, 0.29) is 6.04 Å². The molecule has 84 valence electrons. The van der Waals surface area contributed by atoms with Gasteiger partial charge in [-0.3, -0.25) is 0 Å². The van der Waals surface area contributed by atoms with Crippen LogP contribution < -0.4 is 5.32 Å². The molecule has 1 nitrogen and oxygen atoms in total. The predicted octanol–water partition coefficient (Wildman–Crippen LogP) is 4.26. The van der Waals surface area contributed by atoms with Crippen LogP contribution in [0, 0.1) is 0 Å². The first-order valence-electron chi connectivity index (χ1n) is 5.94. The van der Waals surface area contributed by atoms with Crippen LogP contribution in [-0.2, 0) is 0 Å². The Morgan fingerprint density at radius 1 is 0.882 bits per heavy atom. The van der Waals surface area contributed by atoms with Crippen molar-refractivity contribution in [2.24, 2.45) is 0 Å². The van der Waals surface area contributed by atoms with Crippen LogP contribution in [-0.4, -0.2) is 0 Å². The molecule has 0 spiro atoms. The second kappa shape index (κ2) is 4.10. The van der Waals surface area contributed by atoms with Gasteiger partial charge in [0.15, 0.2) is 0 Å². The molecule has 17 heavy (non-hydrogen) atoms. The lowest BCUT2D eigenvalue weighted by atomic mass is 9.95. The average Bonchev–Trinajstić information content (AvgIpc) is 2.40. The minimum absolute atomic E-state index is 0.283. The maximum absolute atomic E-state index is 3.57. The number of anilines is 1. The van der Waals surface area contributed by atoms with Crippen molar-refractivity contribution in [3.63, 3.8) is 0 Å². The highest BCUT2D eigenvalue weighted by Gasteiger charge is 2.16. The fourth-order valence-electron chi connectivity index (χ4n) is 2.34. The van der Waals surface area contributed by atoms with E-state index in [0.29, 0.717) is 0 Å². The van der Waals surface area contributed by atoms with Gasteiger partial charge in [-0.15, -0.1) is 0 Å². The van der Waals surface area contributed by atoms with Gasteiger partial charge in [0, 0.05) is 11.3 Å². The highest BCUT2D eigenvalue weighted by Crippen LogP contribution is 2.34. The first-order chi connectivity index (χ1) is 8.34. The summed E-state index contributed by atoms with van der Waals surface area (Å²) in [4.78, 5) is 0. The number of benzene rings is 2. The normalized spacial score (nSPS) is 17.9. The second-order valence-corrected chi connectivity index (χ2v) is 4.43. The van der Waals surface area contributed by atoms with Crippen LogP contribution in [0.4, 0.5) is 5.69 Å². The molecule has 1 N–H and O–H groups in total. The van der Waals surface area contributed by atoms with Crippen molar-refractivity contribution in [3.05, 3.63) is 71.8 Å². The number of rotatable bonds is 1. The minimum atomic E-state index is 0.283. The smallest absolute Gasteiger partial charge is 0.0704 e. The zero-order chi connectivity index (χ0) is 11.7. The zero-order valence-electron chi connectivity index (χ0n) is 9.85. The standard InChI is InChI=1S/C16H15N/c1-12-11-16(13-7-3-2-4-8-13)17-15-10-6-5-9-14(12)15/h2-11,16-17H,1H3. The first-order valence-corrected chi connectivity index (χ1v) is 5.94. The topological polar surface area (TPSA) is 12.0 Å². The summed E-state index contributed by atoms with van der Waals surface area (Å²) in [6, 6.07) is 19.3. The molecule has 1 aliphatic heterocycles. The lowest BCUT2D eigenvalue weighted by molar-refractivity contribution is 0.971. The molecule has 0 aromatic heterocycles. The fraction of sp³-hybridized carbons (Fsp3) is 0.125. The Hall–Kier alpha value is -2.02. The molecule has 0 aliphatic carbocycles. The third-order valence-corrected chi connectivity index (χ3v) is 3.24. The first kappa shape index (κ1) is 10.2. The number of hydrogen-bond acceptors (Lipinski definition) is 1. The number of fused-ring (bicyclic) bond motifs is 1. The van der Waals surface area contributed by atoms with Crippen LogP contribution in [0.3, 0.4) is 0 Å². The average molecular weight is 221 g/mol. The lowest BCUT2D eigenvalue weighted by Gasteiger charge is -2.25. The van der Waals surface area contributed by atoms with Gasteiger partial charge >= 0.3 is 0 Å². The fourth-order valence-corrected chi connectivity index (χ4v) is 2.34. The number of allylic oxidation sites excluding steroid dienone is 1. The van der Waals surface area contributed by atoms with Gasteiger partial charge in [-0.05, 0) is 24.1 Å². The Labute approximate surface area is 102 Å². The molecular formula is C16H15N. The molecule has 1 heteroatoms. The van der Waals surface area contributed by atoms with Crippen molar-refractivity contribution in [1.82, 2.24) is 0 Å². The van der Waals surface area contributed by atoms with Gasteiger partial charge in [0.2, 0.25) is 0 Å². The molecular weight excluding hydrogens is 206 g/mol. The molecule has 2 aromatic rings. The van der Waals surface area contributed by atoms with Crippen molar-refractivity contribution in [2.75, 3.05) is 5.32 Å². The van der Waals surface area contributed by atoms with E-state index in [4.69, 9.17) is 0 Å². The molecule has 0 saturated heterocycles. The zero-order valence-corrected chi connectivity index (χ0v) is 9.85. The van der Waals surface area contributed by atoms with Crippen molar-refractivity contribution < 1.29 is 0 Å². The monoisotopic (exact) mass is 221 g/mol. The van der Waals surface area contributed by atoms with E-state index >= 15 is 0 Å². The molecule has 0 radical (unpaired) electrons. The van der Waals surface area contributed by atoms with Gasteiger partial charge in [0.1, 0.15) is 0 Å². The molecule has 1 atom stereocenters. The quantitative estimate of drug-likeness (QED) is 0.758. The summed E-state index contributed by atoms with van der Waals surface area (Å²) in [7, 11) is 0. The summed E-state index contributed by atoms with van der Waals surface area (Å²) < 4.78 is 0. The molecule has 0 fully saturated rings. The van der Waals surface area contributed by atoms with Crippen LogP contribution in [0.2, 0.25) is 0 Å². The van der Waals surface area contributed by atoms with Crippen molar-refractivity contribution in [1.29, 1.82) is 0 Å². The maximum Gasteiger partial charge on any atom is 0.0704 e. The predicted molar refractivity (Wildman–Crippen MR) is 72.9 cm³/mol. The van der Waals surface area contributed by atoms with Gasteiger partial charge in [0.25, 0.3) is 0 Å². The van der Waals surface area contributed by atoms with Gasteiger partial charge < -0.3 is 5.32 Å². The summed E-state index contributed by atoms with van der Waals surface area (Å²) >= 11 is 0. The van der Waals surface area contributed by atoms with E-state index in [1.807, 2.05) is 0 Å². The van der Waals surface area contributed by atoms with Crippen molar-refractivity contribution >= 4 is 11.3 Å². The summed E-state index contributed by atoms with van der Waals surface area (Å²) in [6.45, 7) is 2.18. The van der Waals surface area contributed by atoms with E-state index in [9.17, 15) is 0 Å². The highest BCUT2D eigenvalue weighted by molar-refractivity contribution is 5.79. The van der Waals surface area contributed by atoms with Crippen molar-refractivity contribution in [3.8, 4) is 0 Å². The molecule has 0 bridgehead atoms. The molecule has 0 amide bonds. The van der Waals surface area contributed by atoms with Gasteiger partial charge in [-0.1, -0.05) is 54.6 Å². The third-order valence-electron chi connectivity index (χ3n) is 3.24. The minimum Gasteiger partial charge on any atom is -0.374 e. The van der Waals surface area contributed by atoms with Crippen LogP contribution in [0.25, 0.3) is 5.57 Å². The Bertz CT molecular complexity index is 555. The van der Waals surface area contributed by atoms with Crippen LogP contribution in [0.1, 0.15) is 24.1 Å². The van der Waals surface area contributed by atoms with E-state index in [1.54, 1.807) is 0 Å². The molecule has 2 aromatic carbocycles. The number of para-hydroxylation sites is 1. The maximum atomic E-state index is 3.57. The van der Waals surface area contributed by atoms with E-state index in [0.717, 1.165) is 0 Å². The largest absolute Gasteiger partial charge is 0.374 e. The molecule has 0 saturated carbocycles. The van der Waals surface area contributed by atoms with Gasteiger partial charge in [0.05, 0.1) is 6.04 Å². The highest BCUT2D eigenvalue weighted by atomic mass is 14.9. The third kappa shape index (κ3) is 1.84. The number of nitrogens with one attached hydrogen (secondary N) is 1. The summed E-state index contributed by atoms with van der Waals surface area (Å²) in [5, 5.41) is 3.57. The molecule has 1 aliphatic rings. The molecule has 3 rings (SSSR count). The van der Waals surface area contributed by atoms with Crippen LogP contribution in [0.15, 0.2) is 60.7 Å². The van der Waals surface area contributed by atoms with Crippen LogP contribution >= 0.6 is 0 Å². The van der Waals surface area contributed by atoms with Crippen molar-refractivity contribution in [2.45, 2.75) is 13.0 Å². The Balaban J connectivity index is 2.02. The van der Waals surface area contributed by atoms with E-state index < -0.39 is 0 Å². The Kier molecular flexibility index (Phi) is 2.45. The summed E-state index contributed by atoms with van der Waals surface area (Å²) in [5.41, 5.74) is 5.18. The summed E-state index contributed by atoms with van der Waals surface area (Å²) in [5.74, 6) is 0. The summed E-state index contributed by atoms with van der Waals surface area (Å²) in [6.07, 6.45) is 2.29. The lowest BCUT2D eigenvalue weighted by Crippen LogP contribution is -2.13. The SMILES string of the molecule is CC1=CC(c2ccccc2)Nc2ccccc21. The number of hydrogen-bond donors (Lipinski definition) is 1. The van der Waals surface area contributed by atoms with E-state index in [1.165, 1.54) is 22.4 Å². The Morgan fingerprint density at radius 2 is 1.59 bits per heavy atom. The van der Waals surface area contributed by atoms with Crippen LogP contribution in [0.5, 0.6) is 0 Å². The van der Waals surface area contributed by atoms with Gasteiger partial charge in [-0.25, -0.2) is 0 Å². The second-order valence-electron chi connectivity index (χ2n) is 4.43. The van der Waals surface area contributed by atoms with Gasteiger partial charge in [-0.2, -0.15) is 0 Å².